The molecule has 2 unspecified atom stereocenters. The first-order valence-electron chi connectivity index (χ1n) is 9.06. The minimum Gasteiger partial charge on any atom is -0.493 e. The van der Waals surface area contributed by atoms with Crippen LogP contribution in [0, 0.1) is 0 Å². The van der Waals surface area contributed by atoms with Gasteiger partial charge in [-0.3, -0.25) is 0 Å². The highest BCUT2D eigenvalue weighted by atomic mass is 16.6. The van der Waals surface area contributed by atoms with Crippen molar-refractivity contribution in [3.05, 3.63) is 40.8 Å². The molecule has 0 radical (unpaired) electrons. The van der Waals surface area contributed by atoms with Crippen LogP contribution in [0.4, 0.5) is 0 Å². The van der Waals surface area contributed by atoms with Crippen molar-refractivity contribution in [3.63, 3.8) is 0 Å². The molecular weight excluding hydrogens is 364 g/mol. The lowest BCUT2D eigenvalue weighted by Gasteiger charge is -2.15. The summed E-state index contributed by atoms with van der Waals surface area (Å²) >= 11 is 0. The van der Waals surface area contributed by atoms with Crippen LogP contribution in [-0.2, 0) is 4.74 Å². The van der Waals surface area contributed by atoms with Crippen LogP contribution in [0.1, 0.15) is 27.2 Å². The van der Waals surface area contributed by atoms with E-state index in [0.717, 1.165) is 0 Å². The first kappa shape index (κ1) is 20.2. The molecule has 1 fully saturated rings. The van der Waals surface area contributed by atoms with Crippen molar-refractivity contribution in [2.24, 2.45) is 0 Å². The zero-order valence-corrected chi connectivity index (χ0v) is 16.8. The number of methoxy groups -OCH3 is 2. The van der Waals surface area contributed by atoms with E-state index < -0.39 is 11.2 Å². The van der Waals surface area contributed by atoms with Gasteiger partial charge in [-0.05, 0) is 39.3 Å². The van der Waals surface area contributed by atoms with Gasteiger partial charge in [0.05, 0.1) is 25.4 Å². The molecule has 152 valence electrons. The number of epoxide rings is 1. The lowest BCUT2D eigenvalue weighted by atomic mass is 10.0. The third kappa shape index (κ3) is 4.31. The van der Waals surface area contributed by atoms with Crippen LogP contribution in [0.15, 0.2) is 39.6 Å². The maximum Gasteiger partial charge on any atom is 0.336 e. The lowest BCUT2D eigenvalue weighted by molar-refractivity contribution is 0.132. The second kappa shape index (κ2) is 7.48. The van der Waals surface area contributed by atoms with Crippen LogP contribution in [0.2, 0.25) is 0 Å². The van der Waals surface area contributed by atoms with Crippen LogP contribution in [0.5, 0.6) is 17.2 Å². The molecule has 0 saturated carbocycles. The van der Waals surface area contributed by atoms with Crippen LogP contribution in [0.3, 0.4) is 0 Å². The van der Waals surface area contributed by atoms with Crippen LogP contribution >= 0.6 is 0 Å². The quantitative estimate of drug-likeness (QED) is 0.421. The molecule has 0 amide bonds. The topological polar surface area (TPSA) is 90.7 Å². The molecule has 2 heterocycles. The normalized spacial score (nSPS) is 21.9. The largest absolute Gasteiger partial charge is 0.493 e. The summed E-state index contributed by atoms with van der Waals surface area (Å²) in [5, 5.41) is 10.4. The number of hydrogen-bond donors (Lipinski definition) is 1. The zero-order chi connectivity index (χ0) is 20.5. The molecule has 3 rings (SSSR count). The lowest BCUT2D eigenvalue weighted by Crippen LogP contribution is -2.17. The van der Waals surface area contributed by atoms with E-state index in [1.807, 2.05) is 13.0 Å². The Morgan fingerprint density at radius 3 is 2.64 bits per heavy atom. The fourth-order valence-electron chi connectivity index (χ4n) is 3.03. The van der Waals surface area contributed by atoms with Crippen molar-refractivity contribution in [2.75, 3.05) is 20.8 Å². The van der Waals surface area contributed by atoms with E-state index in [0.29, 0.717) is 34.6 Å². The van der Waals surface area contributed by atoms with Crippen molar-refractivity contribution < 1.29 is 28.5 Å². The fourth-order valence-corrected chi connectivity index (χ4v) is 3.03. The minimum absolute atomic E-state index is 0.119. The summed E-state index contributed by atoms with van der Waals surface area (Å²) in [6.07, 6.45) is 4.19. The molecule has 1 aromatic heterocycles. The van der Waals surface area contributed by atoms with Crippen molar-refractivity contribution >= 4 is 11.0 Å². The predicted molar refractivity (Wildman–Crippen MR) is 104 cm³/mol. The summed E-state index contributed by atoms with van der Waals surface area (Å²) in [6, 6.07) is 4.72. The number of rotatable bonds is 8. The molecular formula is C21H26O7. The Morgan fingerprint density at radius 1 is 1.25 bits per heavy atom. The summed E-state index contributed by atoms with van der Waals surface area (Å²) in [6.45, 7) is 5.71. The molecule has 1 aliphatic heterocycles. The van der Waals surface area contributed by atoms with Gasteiger partial charge in [0, 0.05) is 11.5 Å². The van der Waals surface area contributed by atoms with Crippen LogP contribution < -0.4 is 19.8 Å². The van der Waals surface area contributed by atoms with Gasteiger partial charge in [-0.25, -0.2) is 4.79 Å². The highest BCUT2D eigenvalue weighted by Crippen LogP contribution is 2.45. The Bertz CT molecular complexity index is 938. The first-order valence-corrected chi connectivity index (χ1v) is 9.06. The third-order valence-corrected chi connectivity index (χ3v) is 4.67. The van der Waals surface area contributed by atoms with Crippen molar-refractivity contribution in [2.45, 2.75) is 44.5 Å². The molecule has 7 nitrogen and oxygen atoms in total. The summed E-state index contributed by atoms with van der Waals surface area (Å²) in [4.78, 5) is 11.6. The Balaban J connectivity index is 1.78. The van der Waals surface area contributed by atoms with E-state index in [2.05, 4.69) is 0 Å². The summed E-state index contributed by atoms with van der Waals surface area (Å²) < 4.78 is 27.9. The van der Waals surface area contributed by atoms with E-state index >= 15 is 0 Å². The van der Waals surface area contributed by atoms with Crippen LogP contribution in [-0.4, -0.2) is 43.2 Å². The average molecular weight is 390 g/mol. The highest BCUT2D eigenvalue weighted by Gasteiger charge is 2.52. The standard InChI is InChI=1S/C21H26O7/c1-20(2,23)9-6-10-21(3)15(28-21)12-26-18-14(24-4)11-13-7-8-16(22)27-17(13)19(18)25-5/h6-9,11,15,23H,10,12H2,1-5H3/b9-6+. The van der Waals surface area contributed by atoms with Crippen molar-refractivity contribution in [1.82, 2.24) is 0 Å². The summed E-state index contributed by atoms with van der Waals surface area (Å²) in [7, 11) is 3.01. The number of aliphatic hydroxyl groups is 1. The van der Waals surface area contributed by atoms with Crippen molar-refractivity contribution in [1.29, 1.82) is 0 Å². The molecule has 0 spiro atoms. The summed E-state index contributed by atoms with van der Waals surface area (Å²) in [5.74, 6) is 1.13. The Labute approximate surface area is 163 Å². The minimum atomic E-state index is -0.854. The van der Waals surface area contributed by atoms with Gasteiger partial charge in [-0.2, -0.15) is 0 Å². The average Bonchev–Trinajstić information content (AvgIpc) is 3.27. The molecule has 2 aromatic rings. The van der Waals surface area contributed by atoms with Gasteiger partial charge in [0.2, 0.25) is 11.5 Å². The maximum absolute atomic E-state index is 11.6. The van der Waals surface area contributed by atoms with E-state index in [9.17, 15) is 9.90 Å². The van der Waals surface area contributed by atoms with Gasteiger partial charge >= 0.3 is 5.63 Å². The highest BCUT2D eigenvalue weighted by molar-refractivity contribution is 5.88. The molecule has 1 aromatic carbocycles. The van der Waals surface area contributed by atoms with Gasteiger partial charge in [0.15, 0.2) is 11.3 Å². The van der Waals surface area contributed by atoms with Gasteiger partial charge < -0.3 is 28.5 Å². The molecule has 7 heteroatoms. The van der Waals surface area contributed by atoms with Crippen LogP contribution in [0.25, 0.3) is 11.0 Å². The molecule has 0 bridgehead atoms. The van der Waals surface area contributed by atoms with Crippen molar-refractivity contribution in [3.8, 4) is 17.2 Å². The number of benzene rings is 1. The van der Waals surface area contributed by atoms with E-state index in [1.165, 1.54) is 20.3 Å². The molecule has 1 saturated heterocycles. The second-order valence-corrected chi connectivity index (χ2v) is 7.60. The smallest absolute Gasteiger partial charge is 0.336 e. The number of fused-ring (bicyclic) bond motifs is 1. The molecule has 0 aliphatic carbocycles. The third-order valence-electron chi connectivity index (χ3n) is 4.67. The monoisotopic (exact) mass is 390 g/mol. The van der Waals surface area contributed by atoms with E-state index in [1.54, 1.807) is 32.1 Å². The molecule has 28 heavy (non-hydrogen) atoms. The van der Waals surface area contributed by atoms with Gasteiger partial charge in [0.25, 0.3) is 0 Å². The number of ether oxygens (including phenoxy) is 4. The van der Waals surface area contributed by atoms with Gasteiger partial charge in [-0.1, -0.05) is 12.2 Å². The predicted octanol–water partition coefficient (Wildman–Crippen LogP) is 3.06. The van der Waals surface area contributed by atoms with E-state index in [-0.39, 0.29) is 18.3 Å². The first-order chi connectivity index (χ1) is 13.2. The molecule has 1 N–H and O–H groups in total. The fraction of sp³-hybridized carbons (Fsp3) is 0.476. The van der Waals surface area contributed by atoms with Gasteiger partial charge in [0.1, 0.15) is 12.7 Å². The Hall–Kier alpha value is -2.51. The van der Waals surface area contributed by atoms with Gasteiger partial charge in [-0.15, -0.1) is 0 Å². The maximum atomic E-state index is 11.6. The Morgan fingerprint density at radius 2 is 2.00 bits per heavy atom. The zero-order valence-electron chi connectivity index (χ0n) is 16.8. The molecule has 1 aliphatic rings. The molecule has 2 atom stereocenters. The second-order valence-electron chi connectivity index (χ2n) is 7.60. The SMILES string of the molecule is COc1cc2ccc(=O)oc2c(OC)c1OCC1OC1(C)C/C=C/C(C)(C)O. The summed E-state index contributed by atoms with van der Waals surface area (Å²) in [5.41, 5.74) is -1.38. The number of hydrogen-bond acceptors (Lipinski definition) is 7. The Kier molecular flexibility index (Phi) is 5.41. The van der Waals surface area contributed by atoms with E-state index in [4.69, 9.17) is 23.4 Å².